The monoisotopic (exact) mass is 449 g/mol. The van der Waals surface area contributed by atoms with Gasteiger partial charge in [0.1, 0.15) is 6.04 Å². The largest absolute Gasteiger partial charge is 0.344 e. The molecule has 0 spiro atoms. The molecule has 0 aliphatic carbocycles. The normalized spacial score (nSPS) is 18.4. The molecule has 0 bridgehead atoms. The van der Waals surface area contributed by atoms with Crippen molar-refractivity contribution in [1.82, 2.24) is 9.62 Å². The SMILES string of the molecule is C[C@@H](NC(=O)C1CCCN(S(=O)(=O)c2ccccc2)C1)C(=O)Nc1ccc(Cl)cc1. The average molecular weight is 450 g/mol. The molecular weight excluding hydrogens is 426 g/mol. The maximum atomic E-state index is 12.8. The summed E-state index contributed by atoms with van der Waals surface area (Å²) >= 11 is 5.83. The molecule has 1 heterocycles. The van der Waals surface area contributed by atoms with Gasteiger partial charge in [0.2, 0.25) is 21.8 Å². The standard InChI is InChI=1S/C21H24ClN3O4S/c1-15(20(26)24-18-11-9-17(22)10-12-18)23-21(27)16-6-5-13-25(14-16)30(28,29)19-7-3-2-4-8-19/h2-4,7-12,15-16H,5-6,13-14H2,1H3,(H,23,27)(H,24,26)/t15-,16?/m1/s1. The van der Waals surface area contributed by atoms with Crippen molar-refractivity contribution in [1.29, 1.82) is 0 Å². The fourth-order valence-corrected chi connectivity index (χ4v) is 4.97. The first-order valence-corrected chi connectivity index (χ1v) is 11.5. The number of benzene rings is 2. The summed E-state index contributed by atoms with van der Waals surface area (Å²) in [5.74, 6) is -1.21. The molecule has 2 aromatic rings. The summed E-state index contributed by atoms with van der Waals surface area (Å²) in [4.78, 5) is 25.3. The molecule has 2 aromatic carbocycles. The fraction of sp³-hybridized carbons (Fsp3) is 0.333. The lowest BCUT2D eigenvalue weighted by Crippen LogP contribution is -2.49. The van der Waals surface area contributed by atoms with Crippen molar-refractivity contribution in [3.8, 4) is 0 Å². The first-order chi connectivity index (χ1) is 14.3. The number of rotatable bonds is 6. The van der Waals surface area contributed by atoms with Gasteiger partial charge >= 0.3 is 0 Å². The molecule has 2 N–H and O–H groups in total. The minimum atomic E-state index is -3.65. The summed E-state index contributed by atoms with van der Waals surface area (Å²) in [7, 11) is -3.65. The molecular formula is C21H24ClN3O4S. The summed E-state index contributed by atoms with van der Waals surface area (Å²) in [6.07, 6.45) is 1.15. The Kier molecular flexibility index (Phi) is 7.12. The lowest BCUT2D eigenvalue weighted by atomic mass is 9.98. The maximum absolute atomic E-state index is 12.8. The number of nitrogens with one attached hydrogen (secondary N) is 2. The van der Waals surface area contributed by atoms with E-state index in [1.54, 1.807) is 61.5 Å². The molecule has 0 radical (unpaired) electrons. The molecule has 3 rings (SSSR count). The van der Waals surface area contributed by atoms with E-state index in [4.69, 9.17) is 11.6 Å². The van der Waals surface area contributed by atoms with E-state index in [0.717, 1.165) is 0 Å². The molecule has 9 heteroatoms. The fourth-order valence-electron chi connectivity index (χ4n) is 3.30. The van der Waals surface area contributed by atoms with Gasteiger partial charge in [-0.3, -0.25) is 9.59 Å². The van der Waals surface area contributed by atoms with Crippen LogP contribution in [0.15, 0.2) is 59.5 Å². The summed E-state index contributed by atoms with van der Waals surface area (Å²) < 4.78 is 27.0. The number of hydrogen-bond donors (Lipinski definition) is 2. The highest BCUT2D eigenvalue weighted by molar-refractivity contribution is 7.89. The molecule has 1 saturated heterocycles. The van der Waals surface area contributed by atoms with Gasteiger partial charge in [-0.25, -0.2) is 8.42 Å². The Bertz CT molecular complexity index is 997. The van der Waals surface area contributed by atoms with Crippen molar-refractivity contribution >= 4 is 39.1 Å². The number of nitrogens with zero attached hydrogens (tertiary/aromatic N) is 1. The quantitative estimate of drug-likeness (QED) is 0.708. The highest BCUT2D eigenvalue weighted by Gasteiger charge is 2.34. The highest BCUT2D eigenvalue weighted by Crippen LogP contribution is 2.24. The van der Waals surface area contributed by atoms with Gasteiger partial charge in [0, 0.05) is 23.8 Å². The zero-order valence-electron chi connectivity index (χ0n) is 16.5. The molecule has 160 valence electrons. The summed E-state index contributed by atoms with van der Waals surface area (Å²) in [6.45, 7) is 2.05. The Balaban J connectivity index is 1.59. The van der Waals surface area contributed by atoms with Crippen molar-refractivity contribution in [2.75, 3.05) is 18.4 Å². The van der Waals surface area contributed by atoms with Crippen LogP contribution in [-0.4, -0.2) is 43.7 Å². The molecule has 7 nitrogen and oxygen atoms in total. The Hall–Kier alpha value is -2.42. The molecule has 30 heavy (non-hydrogen) atoms. The second-order valence-corrected chi connectivity index (χ2v) is 9.62. The molecule has 1 unspecified atom stereocenters. The van der Waals surface area contributed by atoms with Gasteiger partial charge in [-0.2, -0.15) is 4.31 Å². The number of carbonyl (C=O) groups is 2. The third kappa shape index (κ3) is 5.38. The number of carbonyl (C=O) groups excluding carboxylic acids is 2. The van der Waals surface area contributed by atoms with Crippen LogP contribution in [0, 0.1) is 5.92 Å². The Labute approximate surface area is 181 Å². The maximum Gasteiger partial charge on any atom is 0.246 e. The molecule has 0 saturated carbocycles. The molecule has 1 aliphatic heterocycles. The van der Waals surface area contributed by atoms with Crippen LogP contribution in [0.1, 0.15) is 19.8 Å². The van der Waals surface area contributed by atoms with Gasteiger partial charge in [0.15, 0.2) is 0 Å². The highest BCUT2D eigenvalue weighted by atomic mass is 35.5. The van der Waals surface area contributed by atoms with Crippen LogP contribution >= 0.6 is 11.6 Å². The predicted molar refractivity (Wildman–Crippen MR) is 116 cm³/mol. The van der Waals surface area contributed by atoms with Crippen LogP contribution < -0.4 is 10.6 Å². The second kappa shape index (κ2) is 9.59. The smallest absolute Gasteiger partial charge is 0.246 e. The Morgan fingerprint density at radius 2 is 1.77 bits per heavy atom. The third-order valence-electron chi connectivity index (χ3n) is 5.00. The molecule has 1 fully saturated rings. The average Bonchev–Trinajstić information content (AvgIpc) is 2.76. The lowest BCUT2D eigenvalue weighted by molar-refractivity contribution is -0.129. The number of hydrogen-bond acceptors (Lipinski definition) is 4. The molecule has 0 aromatic heterocycles. The van der Waals surface area contributed by atoms with E-state index in [1.165, 1.54) is 4.31 Å². The molecule has 1 aliphatic rings. The number of halogens is 1. The minimum absolute atomic E-state index is 0.0918. The van der Waals surface area contributed by atoms with Gasteiger partial charge in [0.05, 0.1) is 10.8 Å². The second-order valence-electron chi connectivity index (χ2n) is 7.24. The first kappa shape index (κ1) is 22.3. The number of anilines is 1. The third-order valence-corrected chi connectivity index (χ3v) is 7.13. The van der Waals surface area contributed by atoms with E-state index in [-0.39, 0.29) is 23.3 Å². The van der Waals surface area contributed by atoms with Crippen molar-refractivity contribution in [2.45, 2.75) is 30.7 Å². The van der Waals surface area contributed by atoms with E-state index < -0.39 is 22.0 Å². The lowest BCUT2D eigenvalue weighted by Gasteiger charge is -2.31. The zero-order chi connectivity index (χ0) is 21.7. The summed E-state index contributed by atoms with van der Waals surface area (Å²) in [5, 5.41) is 5.96. The van der Waals surface area contributed by atoms with Gasteiger partial charge in [-0.15, -0.1) is 0 Å². The molecule has 2 atom stereocenters. The molecule has 2 amide bonds. The van der Waals surface area contributed by atoms with Crippen LogP contribution in [0.5, 0.6) is 0 Å². The van der Waals surface area contributed by atoms with E-state index in [0.29, 0.717) is 30.1 Å². The first-order valence-electron chi connectivity index (χ1n) is 9.69. The van der Waals surface area contributed by atoms with Gasteiger partial charge in [0.25, 0.3) is 0 Å². The van der Waals surface area contributed by atoms with E-state index >= 15 is 0 Å². The number of sulfonamides is 1. The minimum Gasteiger partial charge on any atom is -0.344 e. The van der Waals surface area contributed by atoms with Crippen molar-refractivity contribution < 1.29 is 18.0 Å². The van der Waals surface area contributed by atoms with Crippen LogP contribution in [0.25, 0.3) is 0 Å². The van der Waals surface area contributed by atoms with Gasteiger partial charge in [-0.05, 0) is 56.2 Å². The van der Waals surface area contributed by atoms with Crippen molar-refractivity contribution in [3.63, 3.8) is 0 Å². The van der Waals surface area contributed by atoms with Crippen LogP contribution in [-0.2, 0) is 19.6 Å². The van der Waals surface area contributed by atoms with Gasteiger partial charge < -0.3 is 10.6 Å². The Morgan fingerprint density at radius 1 is 1.10 bits per heavy atom. The number of piperidine rings is 1. The van der Waals surface area contributed by atoms with Crippen molar-refractivity contribution in [2.24, 2.45) is 5.92 Å². The van der Waals surface area contributed by atoms with Crippen LogP contribution in [0.3, 0.4) is 0 Å². The zero-order valence-corrected chi connectivity index (χ0v) is 18.1. The number of amides is 2. The van der Waals surface area contributed by atoms with Crippen LogP contribution in [0.2, 0.25) is 5.02 Å². The van der Waals surface area contributed by atoms with E-state index in [1.807, 2.05) is 0 Å². The summed E-state index contributed by atoms with van der Waals surface area (Å²) in [5.41, 5.74) is 0.572. The van der Waals surface area contributed by atoms with Gasteiger partial charge in [-0.1, -0.05) is 29.8 Å². The van der Waals surface area contributed by atoms with Crippen molar-refractivity contribution in [3.05, 3.63) is 59.6 Å². The summed E-state index contributed by atoms with van der Waals surface area (Å²) in [6, 6.07) is 14.1. The Morgan fingerprint density at radius 3 is 2.43 bits per heavy atom. The van der Waals surface area contributed by atoms with E-state index in [2.05, 4.69) is 10.6 Å². The van der Waals surface area contributed by atoms with E-state index in [9.17, 15) is 18.0 Å². The topological polar surface area (TPSA) is 95.6 Å². The van der Waals surface area contributed by atoms with Crippen LogP contribution in [0.4, 0.5) is 5.69 Å². The predicted octanol–water partition coefficient (Wildman–Crippen LogP) is 2.88.